The van der Waals surface area contributed by atoms with E-state index in [4.69, 9.17) is 14.5 Å². The van der Waals surface area contributed by atoms with Gasteiger partial charge in [-0.1, -0.05) is 75.4 Å². The lowest BCUT2D eigenvalue weighted by atomic mass is 9.84. The summed E-state index contributed by atoms with van der Waals surface area (Å²) in [5.74, 6) is -4.42. The zero-order valence-corrected chi connectivity index (χ0v) is 27.7. The van der Waals surface area contributed by atoms with Crippen LogP contribution in [0.2, 0.25) is 0 Å². The van der Waals surface area contributed by atoms with E-state index < -0.39 is 39.8 Å². The van der Waals surface area contributed by atoms with Gasteiger partial charge in [-0.15, -0.1) is 0 Å². The smallest absolute Gasteiger partial charge is 0.475 e. The molecule has 4 rings (SSSR count). The van der Waals surface area contributed by atoms with Crippen molar-refractivity contribution < 1.29 is 45.6 Å². The molecule has 0 aliphatic carbocycles. The molecule has 0 spiro atoms. The summed E-state index contributed by atoms with van der Waals surface area (Å²) >= 11 is 0. The molecule has 14 heteroatoms. The highest BCUT2D eigenvalue weighted by Gasteiger charge is 2.38. The fourth-order valence-electron chi connectivity index (χ4n) is 4.51. The maximum atomic E-state index is 13.7. The van der Waals surface area contributed by atoms with Crippen molar-refractivity contribution >= 4 is 33.6 Å². The number of benzene rings is 3. The molecular formula is C35H36F3N3O7S. The van der Waals surface area contributed by atoms with E-state index in [-0.39, 0.29) is 17.9 Å². The molecule has 2 amide bonds. The summed E-state index contributed by atoms with van der Waals surface area (Å²) in [6.45, 7) is 6.22. The number of nitrogens with zero attached hydrogens (tertiary/aromatic N) is 1. The van der Waals surface area contributed by atoms with E-state index in [2.05, 4.69) is 48.5 Å². The molecule has 1 heterocycles. The molecule has 0 aliphatic rings. The predicted octanol–water partition coefficient (Wildman–Crippen LogP) is 6.26. The maximum absolute atomic E-state index is 13.7. The van der Waals surface area contributed by atoms with Gasteiger partial charge >= 0.3 is 12.1 Å². The summed E-state index contributed by atoms with van der Waals surface area (Å²) in [6.07, 6.45) is -1.17. The third-order valence-corrected chi connectivity index (χ3v) is 7.91. The largest absolute Gasteiger partial charge is 0.490 e. The number of halogens is 3. The number of carbonyl (C=O) groups excluding carboxylic acids is 2. The van der Waals surface area contributed by atoms with Gasteiger partial charge in [0.05, 0.1) is 11.7 Å². The zero-order valence-electron chi connectivity index (χ0n) is 26.9. The van der Waals surface area contributed by atoms with Crippen LogP contribution in [0.5, 0.6) is 0 Å². The number of alkyl halides is 3. The minimum absolute atomic E-state index is 0.0237. The van der Waals surface area contributed by atoms with Crippen LogP contribution in [0.15, 0.2) is 97.3 Å². The Labute approximate surface area is 282 Å². The molecule has 0 saturated heterocycles. The first kappa shape index (κ1) is 38.4. The van der Waals surface area contributed by atoms with E-state index in [1.807, 2.05) is 48.5 Å². The molecule has 10 nitrogen and oxygen atoms in total. The van der Waals surface area contributed by atoms with Crippen LogP contribution in [0.25, 0.3) is 11.1 Å². The summed E-state index contributed by atoms with van der Waals surface area (Å²) in [5.41, 5.74) is 5.89. The van der Waals surface area contributed by atoms with Gasteiger partial charge in [-0.3, -0.25) is 19.1 Å². The number of nitrogens with one attached hydrogen (secondary N) is 2. The molecule has 1 atom stereocenters. The molecule has 3 aromatic carbocycles. The van der Waals surface area contributed by atoms with Gasteiger partial charge in [-0.2, -0.15) is 21.6 Å². The number of aliphatic carboxylic acids is 1. The van der Waals surface area contributed by atoms with Crippen LogP contribution in [0, 0.1) is 0 Å². The number of aromatic nitrogens is 1. The number of hydrogen-bond donors (Lipinski definition) is 4. The molecule has 49 heavy (non-hydrogen) atoms. The van der Waals surface area contributed by atoms with Crippen molar-refractivity contribution in [2.24, 2.45) is 0 Å². The normalized spacial score (nSPS) is 12.2. The van der Waals surface area contributed by atoms with Gasteiger partial charge in [0, 0.05) is 30.2 Å². The Morgan fingerprint density at radius 1 is 0.857 bits per heavy atom. The number of pyridine rings is 1. The number of rotatable bonds is 10. The van der Waals surface area contributed by atoms with Crippen LogP contribution in [0.1, 0.15) is 53.7 Å². The highest BCUT2D eigenvalue weighted by molar-refractivity contribution is 7.85. The Morgan fingerprint density at radius 3 is 1.94 bits per heavy atom. The van der Waals surface area contributed by atoms with Crippen molar-refractivity contribution in [2.45, 2.75) is 44.7 Å². The molecule has 260 valence electrons. The monoisotopic (exact) mass is 699 g/mol. The van der Waals surface area contributed by atoms with Crippen molar-refractivity contribution in [1.82, 2.24) is 10.3 Å². The average Bonchev–Trinajstić information content (AvgIpc) is 3.03. The number of carboxylic acids is 1. The van der Waals surface area contributed by atoms with Gasteiger partial charge in [0.15, 0.2) is 0 Å². The van der Waals surface area contributed by atoms with Gasteiger partial charge in [0.2, 0.25) is 5.91 Å². The number of amides is 2. The van der Waals surface area contributed by atoms with Gasteiger partial charge in [-0.05, 0) is 70.0 Å². The van der Waals surface area contributed by atoms with Crippen LogP contribution < -0.4 is 10.6 Å². The van der Waals surface area contributed by atoms with Crippen molar-refractivity contribution in [2.75, 3.05) is 17.6 Å². The fourth-order valence-corrected chi connectivity index (χ4v) is 4.87. The van der Waals surface area contributed by atoms with Crippen molar-refractivity contribution in [1.29, 1.82) is 0 Å². The molecular weight excluding hydrogens is 663 g/mol. The second-order valence-electron chi connectivity index (χ2n) is 12.0. The van der Waals surface area contributed by atoms with Crippen molar-refractivity contribution in [3.8, 4) is 11.1 Å². The number of anilines is 1. The molecule has 1 aromatic heterocycles. The Kier molecular flexibility index (Phi) is 12.8. The first-order valence-corrected chi connectivity index (χ1v) is 16.5. The lowest BCUT2D eigenvalue weighted by Crippen LogP contribution is -2.28. The van der Waals surface area contributed by atoms with E-state index in [1.165, 1.54) is 5.56 Å². The quantitative estimate of drug-likeness (QED) is 0.141. The summed E-state index contributed by atoms with van der Waals surface area (Å²) in [4.78, 5) is 39.1. The Bertz CT molecular complexity index is 1830. The van der Waals surface area contributed by atoms with Crippen LogP contribution in [-0.2, 0) is 31.5 Å². The van der Waals surface area contributed by atoms with Crippen LogP contribution in [0.4, 0.5) is 18.9 Å². The second kappa shape index (κ2) is 16.3. The van der Waals surface area contributed by atoms with Gasteiger partial charge < -0.3 is 15.7 Å². The molecule has 0 bridgehead atoms. The highest BCUT2D eigenvalue weighted by atomic mass is 32.2. The van der Waals surface area contributed by atoms with Crippen LogP contribution in [-0.4, -0.2) is 59.3 Å². The van der Waals surface area contributed by atoms with Crippen LogP contribution >= 0.6 is 0 Å². The Morgan fingerprint density at radius 2 is 1.45 bits per heavy atom. The number of carbonyl (C=O) groups is 3. The summed E-state index contributed by atoms with van der Waals surface area (Å²) in [7, 11) is -4.16. The van der Waals surface area contributed by atoms with Gasteiger partial charge in [0.25, 0.3) is 16.0 Å². The first-order chi connectivity index (χ1) is 22.8. The minimum Gasteiger partial charge on any atom is -0.475 e. The van der Waals surface area contributed by atoms with E-state index in [1.54, 1.807) is 36.7 Å². The Balaban J connectivity index is 0.000000838. The van der Waals surface area contributed by atoms with Crippen molar-refractivity contribution in [3.63, 3.8) is 0 Å². The molecule has 4 aromatic rings. The van der Waals surface area contributed by atoms with Crippen LogP contribution in [0.3, 0.4) is 0 Å². The molecule has 1 unspecified atom stereocenters. The highest BCUT2D eigenvalue weighted by Crippen LogP contribution is 2.28. The second-order valence-corrected chi connectivity index (χ2v) is 13.6. The molecule has 0 radical (unpaired) electrons. The molecule has 0 saturated carbocycles. The summed E-state index contributed by atoms with van der Waals surface area (Å²) in [6, 6.07) is 26.4. The number of carboxylic acid groups (broad SMARTS) is 1. The van der Waals surface area contributed by atoms with Crippen molar-refractivity contribution in [3.05, 3.63) is 120 Å². The van der Waals surface area contributed by atoms with E-state index in [9.17, 15) is 31.2 Å². The lowest BCUT2D eigenvalue weighted by Gasteiger charge is -2.22. The minimum atomic E-state index is -5.08. The maximum Gasteiger partial charge on any atom is 0.490 e. The summed E-state index contributed by atoms with van der Waals surface area (Å²) < 4.78 is 62.4. The molecule has 0 aliphatic heterocycles. The van der Waals surface area contributed by atoms with E-state index in [0.29, 0.717) is 17.7 Å². The lowest BCUT2D eigenvalue weighted by molar-refractivity contribution is -0.192. The van der Waals surface area contributed by atoms with Gasteiger partial charge in [-0.25, -0.2) is 4.79 Å². The first-order valence-electron chi connectivity index (χ1n) is 14.9. The van der Waals surface area contributed by atoms with E-state index in [0.717, 1.165) is 22.3 Å². The van der Waals surface area contributed by atoms with Gasteiger partial charge in [0.1, 0.15) is 0 Å². The standard InChI is InChI=1S/C33H35N3O5S.C2HF3O2/c1-33(2,3)28-14-10-25(11-15-28)30(21-23-6-8-26(9-7-23)31(37)35-19-20-42(39,40)41)32(38)36-29-16-12-24(13-17-29)27-5-4-18-34-22-27;3-2(4,5)1(6)7/h4-18,22,30H,19-21H2,1-3H3,(H,35,37)(H,36,38)(H,39,40,41);(H,6,7). The molecule has 4 N–H and O–H groups in total. The predicted molar refractivity (Wildman–Crippen MR) is 179 cm³/mol. The van der Waals surface area contributed by atoms with E-state index >= 15 is 0 Å². The fraction of sp³-hybridized carbons (Fsp3) is 0.257. The molecule has 0 fully saturated rings. The third kappa shape index (κ3) is 12.5. The SMILES string of the molecule is CC(C)(C)c1ccc(C(Cc2ccc(C(=O)NCCS(=O)(=O)O)cc2)C(=O)Nc2ccc(-c3cccnc3)cc2)cc1.O=C(O)C(F)(F)F. The average molecular weight is 700 g/mol. The number of hydrogen-bond acceptors (Lipinski definition) is 6. The summed E-state index contributed by atoms with van der Waals surface area (Å²) in [5, 5.41) is 12.7. The zero-order chi connectivity index (χ0) is 36.4. The topological polar surface area (TPSA) is 163 Å². The third-order valence-electron chi connectivity index (χ3n) is 7.19. The Hall–Kier alpha value is -5.08.